The van der Waals surface area contributed by atoms with E-state index < -0.39 is 42.5 Å². The molecule has 2 atom stereocenters. The van der Waals surface area contributed by atoms with Gasteiger partial charge in [0.05, 0.1) is 6.10 Å². The van der Waals surface area contributed by atoms with Crippen LogP contribution in [0.2, 0.25) is 0 Å². The molecule has 1 aromatic carbocycles. The summed E-state index contributed by atoms with van der Waals surface area (Å²) >= 11 is 0. The number of amides is 4. The van der Waals surface area contributed by atoms with Crippen molar-refractivity contribution < 1.29 is 28.7 Å². The van der Waals surface area contributed by atoms with Gasteiger partial charge in [0.1, 0.15) is 12.1 Å². The number of esters is 1. The number of carbonyl (C=O) groups excluding carboxylic acids is 4. The maximum atomic E-state index is 12.7. The lowest BCUT2D eigenvalue weighted by atomic mass is 9.92. The summed E-state index contributed by atoms with van der Waals surface area (Å²) < 4.78 is 10.3. The quantitative estimate of drug-likeness (QED) is 0.512. The maximum Gasteiger partial charge on any atom is 0.326 e. The van der Waals surface area contributed by atoms with E-state index in [0.717, 1.165) is 17.7 Å². The van der Waals surface area contributed by atoms with Crippen molar-refractivity contribution in [2.24, 2.45) is 0 Å². The van der Waals surface area contributed by atoms with Gasteiger partial charge in [0.25, 0.3) is 11.8 Å². The van der Waals surface area contributed by atoms with Crippen molar-refractivity contribution in [3.05, 3.63) is 35.9 Å². The number of rotatable bonds is 7. The number of nitrogens with one attached hydrogen (secondary N) is 2. The van der Waals surface area contributed by atoms with E-state index in [1.54, 1.807) is 37.3 Å². The minimum Gasteiger partial charge on any atom is -0.454 e. The zero-order valence-electron chi connectivity index (χ0n) is 15.6. The van der Waals surface area contributed by atoms with Crippen molar-refractivity contribution in [2.45, 2.75) is 31.4 Å². The van der Waals surface area contributed by atoms with Crippen molar-refractivity contribution in [3.8, 4) is 0 Å². The Morgan fingerprint density at radius 1 is 1.32 bits per heavy atom. The molecule has 1 aromatic rings. The summed E-state index contributed by atoms with van der Waals surface area (Å²) in [5, 5.41) is 5.23. The highest BCUT2D eigenvalue weighted by atomic mass is 16.5. The molecule has 0 bridgehead atoms. The van der Waals surface area contributed by atoms with E-state index in [9.17, 15) is 19.2 Å². The van der Waals surface area contributed by atoms with Crippen molar-refractivity contribution >= 4 is 23.8 Å². The van der Waals surface area contributed by atoms with Gasteiger partial charge >= 0.3 is 12.0 Å². The Morgan fingerprint density at radius 2 is 2.07 bits per heavy atom. The second kappa shape index (κ2) is 8.39. The third kappa shape index (κ3) is 4.30. The monoisotopic (exact) mass is 389 g/mol. The topological polar surface area (TPSA) is 114 Å². The van der Waals surface area contributed by atoms with Gasteiger partial charge in [-0.25, -0.2) is 4.79 Å². The van der Waals surface area contributed by atoms with Crippen LogP contribution in [0.4, 0.5) is 4.79 Å². The largest absolute Gasteiger partial charge is 0.454 e. The van der Waals surface area contributed by atoms with E-state index >= 15 is 0 Å². The molecule has 2 aliphatic rings. The molecule has 9 heteroatoms. The predicted molar refractivity (Wildman–Crippen MR) is 97.0 cm³/mol. The second-order valence-corrected chi connectivity index (χ2v) is 6.91. The molecule has 2 N–H and O–H groups in total. The number of ether oxygens (including phenoxy) is 2. The van der Waals surface area contributed by atoms with E-state index in [4.69, 9.17) is 9.47 Å². The van der Waals surface area contributed by atoms with Gasteiger partial charge in [0.15, 0.2) is 6.61 Å². The third-order valence-electron chi connectivity index (χ3n) is 4.83. The molecule has 2 saturated heterocycles. The highest BCUT2D eigenvalue weighted by Crippen LogP contribution is 2.28. The molecule has 2 aliphatic heterocycles. The van der Waals surface area contributed by atoms with Crippen LogP contribution in [-0.4, -0.2) is 61.1 Å². The molecule has 0 radical (unpaired) electrons. The molecule has 2 fully saturated rings. The lowest BCUT2D eigenvalue weighted by Crippen LogP contribution is -2.42. The Balaban J connectivity index is 1.49. The van der Waals surface area contributed by atoms with Crippen molar-refractivity contribution in [2.75, 3.05) is 26.3 Å². The van der Waals surface area contributed by atoms with Crippen LogP contribution in [-0.2, 0) is 29.4 Å². The summed E-state index contributed by atoms with van der Waals surface area (Å²) in [6.45, 7) is 1.58. The van der Waals surface area contributed by atoms with E-state index in [1.807, 2.05) is 0 Å². The van der Waals surface area contributed by atoms with E-state index in [0.29, 0.717) is 18.7 Å². The van der Waals surface area contributed by atoms with Gasteiger partial charge in [-0.05, 0) is 25.3 Å². The first-order chi connectivity index (χ1) is 13.4. The number of hydrogen-bond acceptors (Lipinski definition) is 6. The zero-order chi connectivity index (χ0) is 20.1. The lowest BCUT2D eigenvalue weighted by molar-refractivity contribution is -0.151. The van der Waals surface area contributed by atoms with Crippen LogP contribution < -0.4 is 10.6 Å². The first-order valence-electron chi connectivity index (χ1n) is 9.13. The van der Waals surface area contributed by atoms with Crippen LogP contribution >= 0.6 is 0 Å². The normalized spacial score (nSPS) is 24.2. The molecule has 28 heavy (non-hydrogen) atoms. The summed E-state index contributed by atoms with van der Waals surface area (Å²) in [4.78, 5) is 49.4. The SMILES string of the molecule is C[C@]1(c2ccccc2)NC(=O)N(CC(=O)OCC(=O)NC[C@H]2CCCO2)C1=O. The van der Waals surface area contributed by atoms with E-state index in [2.05, 4.69) is 10.6 Å². The van der Waals surface area contributed by atoms with E-state index in [-0.39, 0.29) is 6.10 Å². The number of benzene rings is 1. The Labute approximate surface area is 162 Å². The Bertz CT molecular complexity index is 762. The van der Waals surface area contributed by atoms with Gasteiger partial charge in [0.2, 0.25) is 0 Å². The van der Waals surface area contributed by atoms with Crippen LogP contribution in [0.5, 0.6) is 0 Å². The summed E-state index contributed by atoms with van der Waals surface area (Å²) in [6, 6.07) is 8.07. The van der Waals surface area contributed by atoms with Gasteiger partial charge in [-0.3, -0.25) is 19.3 Å². The Morgan fingerprint density at radius 3 is 2.75 bits per heavy atom. The summed E-state index contributed by atoms with van der Waals surface area (Å²) in [5.41, 5.74) is -0.644. The van der Waals surface area contributed by atoms with Crippen molar-refractivity contribution in [1.82, 2.24) is 15.5 Å². The highest BCUT2D eigenvalue weighted by Gasteiger charge is 2.49. The molecule has 150 valence electrons. The molecule has 4 amide bonds. The summed E-state index contributed by atoms with van der Waals surface area (Å²) in [5.74, 6) is -1.85. The second-order valence-electron chi connectivity index (χ2n) is 6.91. The van der Waals surface area contributed by atoms with Gasteiger partial charge in [-0.1, -0.05) is 30.3 Å². The molecule has 0 aromatic heterocycles. The highest BCUT2D eigenvalue weighted by molar-refractivity contribution is 6.08. The number of imide groups is 1. The molecular weight excluding hydrogens is 366 g/mol. The van der Waals surface area contributed by atoms with Crippen LogP contribution in [0, 0.1) is 0 Å². The number of urea groups is 1. The zero-order valence-corrected chi connectivity index (χ0v) is 15.6. The fourth-order valence-corrected chi connectivity index (χ4v) is 3.21. The first kappa shape index (κ1) is 19.8. The summed E-state index contributed by atoms with van der Waals surface area (Å²) in [7, 11) is 0. The number of carbonyl (C=O) groups is 4. The molecule has 3 rings (SSSR count). The minimum atomic E-state index is -1.25. The van der Waals surface area contributed by atoms with Crippen molar-refractivity contribution in [1.29, 1.82) is 0 Å². The summed E-state index contributed by atoms with van der Waals surface area (Å²) in [6.07, 6.45) is 1.83. The standard InChI is InChI=1S/C19H23N3O6/c1-19(13-6-3-2-4-7-13)17(25)22(18(26)21-19)11-16(24)28-12-15(23)20-10-14-8-5-9-27-14/h2-4,6-7,14H,5,8-12H2,1H3,(H,20,23)(H,21,26)/t14-,19-/m1/s1. The minimum absolute atomic E-state index is 0.0127. The van der Waals surface area contributed by atoms with Crippen LogP contribution in [0.15, 0.2) is 30.3 Å². The van der Waals surface area contributed by atoms with Crippen LogP contribution in [0.25, 0.3) is 0 Å². The molecular formula is C19H23N3O6. The fourth-order valence-electron chi connectivity index (χ4n) is 3.21. The molecule has 0 saturated carbocycles. The van der Waals surface area contributed by atoms with Gasteiger partial charge in [-0.15, -0.1) is 0 Å². The Hall–Kier alpha value is -2.94. The molecule has 2 heterocycles. The van der Waals surface area contributed by atoms with Gasteiger partial charge < -0.3 is 20.1 Å². The molecule has 0 aliphatic carbocycles. The smallest absolute Gasteiger partial charge is 0.326 e. The number of nitrogens with zero attached hydrogens (tertiary/aromatic N) is 1. The maximum absolute atomic E-state index is 12.7. The first-order valence-corrected chi connectivity index (χ1v) is 9.13. The Kier molecular flexibility index (Phi) is 5.93. The average Bonchev–Trinajstić information content (AvgIpc) is 3.29. The third-order valence-corrected chi connectivity index (χ3v) is 4.83. The van der Waals surface area contributed by atoms with Crippen molar-refractivity contribution in [3.63, 3.8) is 0 Å². The average molecular weight is 389 g/mol. The lowest BCUT2D eigenvalue weighted by Gasteiger charge is -2.21. The van der Waals surface area contributed by atoms with Crippen LogP contribution in [0.3, 0.4) is 0 Å². The molecule has 9 nitrogen and oxygen atoms in total. The van der Waals surface area contributed by atoms with E-state index in [1.165, 1.54) is 0 Å². The molecule has 0 unspecified atom stereocenters. The fraction of sp³-hybridized carbons (Fsp3) is 0.474. The predicted octanol–water partition coefficient (Wildman–Crippen LogP) is 0.292. The van der Waals surface area contributed by atoms with Crippen LogP contribution in [0.1, 0.15) is 25.3 Å². The molecule has 0 spiro atoms. The number of hydrogen-bond donors (Lipinski definition) is 2. The van der Waals surface area contributed by atoms with Gasteiger partial charge in [0, 0.05) is 13.2 Å². The van der Waals surface area contributed by atoms with Gasteiger partial charge in [-0.2, -0.15) is 0 Å².